The number of hydrogen-bond acceptors (Lipinski definition) is 4. The third-order valence-electron chi connectivity index (χ3n) is 5.21. The van der Waals surface area contributed by atoms with Crippen LogP contribution >= 0.6 is 0 Å². The van der Waals surface area contributed by atoms with Gasteiger partial charge in [-0.15, -0.1) is 0 Å². The summed E-state index contributed by atoms with van der Waals surface area (Å²) < 4.78 is 5.48. The summed E-state index contributed by atoms with van der Waals surface area (Å²) in [5, 5.41) is 0. The van der Waals surface area contributed by atoms with Crippen LogP contribution in [0, 0.1) is 11.8 Å². The largest absolute Gasteiger partial charge is 0.444 e. The quantitative estimate of drug-likeness (QED) is 0.801. The summed E-state index contributed by atoms with van der Waals surface area (Å²) in [6.07, 6.45) is 5.02. The van der Waals surface area contributed by atoms with E-state index < -0.39 is 5.60 Å². The van der Waals surface area contributed by atoms with Crippen molar-refractivity contribution < 1.29 is 19.1 Å². The molecule has 128 valence electrons. The van der Waals surface area contributed by atoms with Gasteiger partial charge >= 0.3 is 6.09 Å². The van der Waals surface area contributed by atoms with Crippen LogP contribution in [0.5, 0.6) is 0 Å². The van der Waals surface area contributed by atoms with E-state index in [0.29, 0.717) is 18.8 Å². The zero-order valence-corrected chi connectivity index (χ0v) is 14.3. The number of hydrogen-bond donors (Lipinski definition) is 0. The Hall–Kier alpha value is -1.39. The van der Waals surface area contributed by atoms with E-state index in [-0.39, 0.29) is 35.7 Å². The fraction of sp³-hybridized carbons (Fsp3) is 0.833. The molecule has 2 aliphatic carbocycles. The van der Waals surface area contributed by atoms with Crippen LogP contribution in [0.2, 0.25) is 0 Å². The molecule has 0 radical (unpaired) electrons. The molecule has 0 aromatic rings. The fourth-order valence-electron chi connectivity index (χ4n) is 3.97. The monoisotopic (exact) mass is 321 g/mol. The number of ether oxygens (including phenoxy) is 1. The summed E-state index contributed by atoms with van der Waals surface area (Å²) >= 11 is 0. The Morgan fingerprint density at radius 3 is 2.61 bits per heavy atom. The SMILES string of the molecule is CC(C)(C)OC(=O)N1[C@@H]2C[C@@H]2C[C@H]1C(=O)CC1CCCCC1=O. The van der Waals surface area contributed by atoms with E-state index in [0.717, 1.165) is 32.1 Å². The third kappa shape index (κ3) is 3.59. The standard InChI is InChI=1S/C18H27NO4/c1-18(2,3)23-17(22)19-13-8-12(13)9-14(19)16(21)10-11-6-4-5-7-15(11)20/h11-14H,4-10H2,1-3H3/t11?,12-,13-,14+/m1/s1. The highest BCUT2D eigenvalue weighted by atomic mass is 16.6. The van der Waals surface area contributed by atoms with Gasteiger partial charge in [0.25, 0.3) is 0 Å². The highest BCUT2D eigenvalue weighted by Crippen LogP contribution is 2.49. The van der Waals surface area contributed by atoms with E-state index in [1.807, 2.05) is 20.8 Å². The summed E-state index contributed by atoms with van der Waals surface area (Å²) in [6, 6.07) is -0.218. The molecule has 1 saturated heterocycles. The fourth-order valence-corrected chi connectivity index (χ4v) is 3.97. The molecule has 23 heavy (non-hydrogen) atoms. The lowest BCUT2D eigenvalue weighted by molar-refractivity contribution is -0.131. The molecule has 0 spiro atoms. The molecule has 2 saturated carbocycles. The van der Waals surface area contributed by atoms with E-state index in [1.165, 1.54) is 0 Å². The number of carbonyl (C=O) groups excluding carboxylic acids is 3. The van der Waals surface area contributed by atoms with Crippen LogP contribution in [0.3, 0.4) is 0 Å². The maximum atomic E-state index is 12.7. The first-order valence-electron chi connectivity index (χ1n) is 8.83. The molecular formula is C18H27NO4. The molecule has 3 fully saturated rings. The normalized spacial score (nSPS) is 33.3. The minimum Gasteiger partial charge on any atom is -0.444 e. The number of carbonyl (C=O) groups is 3. The predicted octanol–water partition coefficient (Wildman–Crippen LogP) is 3.10. The molecule has 3 aliphatic rings. The number of piperidine rings is 1. The van der Waals surface area contributed by atoms with Gasteiger partial charge in [0.2, 0.25) is 0 Å². The number of rotatable bonds is 3. The third-order valence-corrected chi connectivity index (χ3v) is 5.21. The van der Waals surface area contributed by atoms with Crippen molar-refractivity contribution in [3.05, 3.63) is 0 Å². The summed E-state index contributed by atoms with van der Waals surface area (Å²) in [7, 11) is 0. The molecule has 4 atom stereocenters. The first-order chi connectivity index (χ1) is 10.8. The van der Waals surface area contributed by atoms with Crippen molar-refractivity contribution in [2.45, 2.75) is 83.4 Å². The smallest absolute Gasteiger partial charge is 0.411 e. The van der Waals surface area contributed by atoms with Crippen LogP contribution in [0.15, 0.2) is 0 Å². The summed E-state index contributed by atoms with van der Waals surface area (Å²) in [4.78, 5) is 38.8. The molecule has 0 N–H and O–H groups in total. The lowest BCUT2D eigenvalue weighted by Gasteiger charge is -2.30. The Bertz CT molecular complexity index is 522. The van der Waals surface area contributed by atoms with Crippen LogP contribution in [-0.4, -0.2) is 40.2 Å². The number of amides is 1. The maximum Gasteiger partial charge on any atom is 0.411 e. The first-order valence-corrected chi connectivity index (χ1v) is 8.83. The van der Waals surface area contributed by atoms with Gasteiger partial charge in [0.1, 0.15) is 11.4 Å². The van der Waals surface area contributed by atoms with Crippen molar-refractivity contribution in [3.8, 4) is 0 Å². The lowest BCUT2D eigenvalue weighted by atomic mass is 9.83. The first kappa shape index (κ1) is 16.5. The Morgan fingerprint density at radius 2 is 1.96 bits per heavy atom. The molecule has 1 heterocycles. The molecule has 3 rings (SSSR count). The number of likely N-dealkylation sites (tertiary alicyclic amines) is 1. The van der Waals surface area contributed by atoms with Gasteiger partial charge in [0.05, 0.1) is 6.04 Å². The van der Waals surface area contributed by atoms with Gasteiger partial charge in [0, 0.05) is 24.8 Å². The average Bonchev–Trinajstić information content (AvgIpc) is 3.09. The molecule has 0 aromatic carbocycles. The van der Waals surface area contributed by atoms with Gasteiger partial charge in [0.15, 0.2) is 5.78 Å². The Labute approximate surface area is 137 Å². The van der Waals surface area contributed by atoms with E-state index in [1.54, 1.807) is 4.90 Å². The van der Waals surface area contributed by atoms with E-state index in [2.05, 4.69) is 0 Å². The molecule has 5 heteroatoms. The molecule has 0 bridgehead atoms. The van der Waals surface area contributed by atoms with Crippen LogP contribution in [0.4, 0.5) is 4.79 Å². The minimum absolute atomic E-state index is 0.0447. The van der Waals surface area contributed by atoms with Crippen LogP contribution < -0.4 is 0 Å². The summed E-state index contributed by atoms with van der Waals surface area (Å²) in [5.41, 5.74) is -0.559. The topological polar surface area (TPSA) is 63.7 Å². The molecule has 0 aromatic heterocycles. The lowest BCUT2D eigenvalue weighted by Crippen LogP contribution is -2.46. The Balaban J connectivity index is 1.65. The van der Waals surface area contributed by atoms with Crippen LogP contribution in [-0.2, 0) is 14.3 Å². The molecule has 1 amide bonds. The van der Waals surface area contributed by atoms with Gasteiger partial charge in [-0.2, -0.15) is 0 Å². The second-order valence-corrected chi connectivity index (χ2v) is 8.28. The maximum absolute atomic E-state index is 12.7. The average molecular weight is 321 g/mol. The van der Waals surface area contributed by atoms with Crippen molar-refractivity contribution >= 4 is 17.7 Å². The second kappa shape index (κ2) is 5.91. The van der Waals surface area contributed by atoms with E-state index in [4.69, 9.17) is 4.74 Å². The molecule has 1 aliphatic heterocycles. The zero-order valence-electron chi connectivity index (χ0n) is 14.3. The number of nitrogens with zero attached hydrogens (tertiary/aromatic N) is 1. The predicted molar refractivity (Wildman–Crippen MR) is 85.0 cm³/mol. The van der Waals surface area contributed by atoms with Gasteiger partial charge in [-0.1, -0.05) is 6.42 Å². The van der Waals surface area contributed by atoms with Gasteiger partial charge < -0.3 is 4.74 Å². The van der Waals surface area contributed by atoms with Crippen molar-refractivity contribution in [2.75, 3.05) is 0 Å². The Morgan fingerprint density at radius 1 is 1.22 bits per heavy atom. The summed E-state index contributed by atoms with van der Waals surface area (Å²) in [6.45, 7) is 5.51. The molecule has 5 nitrogen and oxygen atoms in total. The highest BCUT2D eigenvalue weighted by molar-refractivity contribution is 5.93. The van der Waals surface area contributed by atoms with E-state index in [9.17, 15) is 14.4 Å². The molecular weight excluding hydrogens is 294 g/mol. The van der Waals surface area contributed by atoms with Gasteiger partial charge in [-0.25, -0.2) is 4.79 Å². The van der Waals surface area contributed by atoms with Gasteiger partial charge in [-0.3, -0.25) is 14.5 Å². The van der Waals surface area contributed by atoms with Crippen LogP contribution in [0.1, 0.15) is 65.7 Å². The number of ketones is 2. The highest BCUT2D eigenvalue weighted by Gasteiger charge is 2.57. The minimum atomic E-state index is -0.559. The number of fused-ring (bicyclic) bond motifs is 1. The van der Waals surface area contributed by atoms with Crippen molar-refractivity contribution in [1.29, 1.82) is 0 Å². The van der Waals surface area contributed by atoms with Crippen molar-refractivity contribution in [3.63, 3.8) is 0 Å². The van der Waals surface area contributed by atoms with Gasteiger partial charge in [-0.05, 0) is 52.4 Å². The zero-order chi connectivity index (χ0) is 16.8. The number of Topliss-reactive ketones (excluding diaryl/α,β-unsaturated/α-hetero) is 2. The summed E-state index contributed by atoms with van der Waals surface area (Å²) in [5.74, 6) is 0.576. The van der Waals surface area contributed by atoms with E-state index >= 15 is 0 Å². The van der Waals surface area contributed by atoms with Crippen molar-refractivity contribution in [2.24, 2.45) is 11.8 Å². The van der Waals surface area contributed by atoms with Crippen molar-refractivity contribution in [1.82, 2.24) is 4.90 Å². The molecule has 1 unspecified atom stereocenters. The van der Waals surface area contributed by atoms with Crippen LogP contribution in [0.25, 0.3) is 0 Å². The Kier molecular flexibility index (Phi) is 4.23. The second-order valence-electron chi connectivity index (χ2n) is 8.28.